The molecule has 1 unspecified atom stereocenters. The number of phenols is 1. The van der Waals surface area contributed by atoms with Gasteiger partial charge in [0.05, 0.1) is 5.60 Å². The molecule has 6 saturated carbocycles. The van der Waals surface area contributed by atoms with Gasteiger partial charge in [0.1, 0.15) is 11.7 Å². The maximum Gasteiger partial charge on any atom is 0.165 e. The van der Waals surface area contributed by atoms with Crippen LogP contribution in [0.2, 0.25) is 0 Å². The first-order valence-electron chi connectivity index (χ1n) is 15.8. The molecule has 10 atom stereocenters. The molecule has 0 amide bonds. The molecule has 7 fully saturated rings. The molecule has 1 aromatic rings. The topological polar surface area (TPSA) is 62.2 Å². The molecule has 2 heterocycles. The number of likely N-dealkylation sites (tertiary alicyclic amines) is 1. The van der Waals surface area contributed by atoms with Crippen molar-refractivity contribution < 1.29 is 19.7 Å². The highest BCUT2D eigenvalue weighted by atomic mass is 16.6. The van der Waals surface area contributed by atoms with Crippen LogP contribution in [0.1, 0.15) is 88.7 Å². The zero-order chi connectivity index (χ0) is 25.7. The zero-order valence-corrected chi connectivity index (χ0v) is 23.3. The van der Waals surface area contributed by atoms with Crippen LogP contribution in [0.15, 0.2) is 12.1 Å². The second-order valence-electron chi connectivity index (χ2n) is 15.4. The maximum atomic E-state index is 12.5. The summed E-state index contributed by atoms with van der Waals surface area (Å²) in [5.74, 6) is 4.30. The van der Waals surface area contributed by atoms with Gasteiger partial charge in [-0.05, 0) is 119 Å². The highest BCUT2D eigenvalue weighted by Gasteiger charge is 2.82. The molecule has 1 aromatic carbocycles. The molecular formula is C33H45NO4. The third-order valence-corrected chi connectivity index (χ3v) is 14.0. The number of aromatic hydroxyl groups is 1. The fourth-order valence-electron chi connectivity index (χ4n) is 12.4. The lowest BCUT2D eigenvalue weighted by atomic mass is 9.33. The van der Waals surface area contributed by atoms with E-state index in [9.17, 15) is 10.2 Å². The highest BCUT2D eigenvalue weighted by Crippen LogP contribution is 2.77. The lowest BCUT2D eigenvalue weighted by Crippen LogP contribution is -2.82. The van der Waals surface area contributed by atoms with Crippen LogP contribution >= 0.6 is 0 Å². The Labute approximate surface area is 227 Å². The van der Waals surface area contributed by atoms with Gasteiger partial charge in [0, 0.05) is 42.0 Å². The van der Waals surface area contributed by atoms with Gasteiger partial charge in [-0.1, -0.05) is 12.5 Å². The lowest BCUT2D eigenvalue weighted by Gasteiger charge is -2.75. The van der Waals surface area contributed by atoms with Crippen molar-refractivity contribution >= 4 is 0 Å². The number of methoxy groups -OCH3 is 1. The Kier molecular flexibility index (Phi) is 4.50. The van der Waals surface area contributed by atoms with Crippen LogP contribution in [0.25, 0.3) is 0 Å². The first-order chi connectivity index (χ1) is 18.3. The van der Waals surface area contributed by atoms with Crippen molar-refractivity contribution in [1.82, 2.24) is 4.90 Å². The molecule has 38 heavy (non-hydrogen) atoms. The van der Waals surface area contributed by atoms with Crippen molar-refractivity contribution in [2.75, 3.05) is 20.2 Å². The summed E-state index contributed by atoms with van der Waals surface area (Å²) in [5.41, 5.74) is 1.35. The van der Waals surface area contributed by atoms with E-state index < -0.39 is 11.2 Å². The number of ether oxygens (including phenoxy) is 2. The Morgan fingerprint density at radius 2 is 2.00 bits per heavy atom. The van der Waals surface area contributed by atoms with E-state index in [1.165, 1.54) is 56.2 Å². The number of benzene rings is 1. The summed E-state index contributed by atoms with van der Waals surface area (Å²) >= 11 is 0. The summed E-state index contributed by atoms with van der Waals surface area (Å²) in [6.07, 6.45) is 14.2. The van der Waals surface area contributed by atoms with Gasteiger partial charge in [-0.3, -0.25) is 4.90 Å². The summed E-state index contributed by atoms with van der Waals surface area (Å²) in [7, 11) is 1.88. The van der Waals surface area contributed by atoms with E-state index in [4.69, 9.17) is 9.47 Å². The van der Waals surface area contributed by atoms with E-state index in [0.29, 0.717) is 12.0 Å². The smallest absolute Gasteiger partial charge is 0.165 e. The van der Waals surface area contributed by atoms with E-state index in [1.54, 1.807) is 0 Å². The predicted molar refractivity (Wildman–Crippen MR) is 144 cm³/mol. The Bertz CT molecular complexity index is 1190. The second-order valence-corrected chi connectivity index (χ2v) is 15.4. The van der Waals surface area contributed by atoms with E-state index in [-0.39, 0.29) is 28.6 Å². The van der Waals surface area contributed by atoms with Gasteiger partial charge in [-0.2, -0.15) is 0 Å². The van der Waals surface area contributed by atoms with Crippen LogP contribution in [-0.2, 0) is 16.6 Å². The number of phenolic OH excluding ortho intramolecular Hbond substituents is 1. The lowest BCUT2D eigenvalue weighted by molar-refractivity contribution is -0.304. The van der Waals surface area contributed by atoms with Gasteiger partial charge < -0.3 is 19.7 Å². The Morgan fingerprint density at radius 1 is 1.13 bits per heavy atom. The van der Waals surface area contributed by atoms with E-state index in [0.717, 1.165) is 68.6 Å². The van der Waals surface area contributed by atoms with Crippen LogP contribution in [0, 0.1) is 35.0 Å². The van der Waals surface area contributed by atoms with Crippen LogP contribution in [0.3, 0.4) is 0 Å². The normalized spacial score (nSPS) is 49.1. The molecule has 0 radical (unpaired) electrons. The molecule has 7 aliphatic carbocycles. The molecule has 6 bridgehead atoms. The first-order valence-corrected chi connectivity index (χ1v) is 15.8. The molecule has 2 aliphatic heterocycles. The number of piperidine rings is 1. The minimum atomic E-state index is -0.781. The zero-order valence-electron chi connectivity index (χ0n) is 23.3. The van der Waals surface area contributed by atoms with Crippen LogP contribution in [0.5, 0.6) is 11.5 Å². The van der Waals surface area contributed by atoms with Crippen molar-refractivity contribution in [1.29, 1.82) is 0 Å². The van der Waals surface area contributed by atoms with Gasteiger partial charge in [0.15, 0.2) is 11.5 Å². The van der Waals surface area contributed by atoms with Gasteiger partial charge >= 0.3 is 0 Å². The number of aliphatic hydroxyl groups is 1. The summed E-state index contributed by atoms with van der Waals surface area (Å²) in [4.78, 5) is 2.86. The Hall–Kier alpha value is -1.30. The minimum absolute atomic E-state index is 0.0485. The summed E-state index contributed by atoms with van der Waals surface area (Å²) in [6.45, 7) is 4.50. The van der Waals surface area contributed by atoms with Crippen LogP contribution in [-0.4, -0.2) is 58.7 Å². The van der Waals surface area contributed by atoms with Crippen LogP contribution < -0.4 is 4.74 Å². The quantitative estimate of drug-likeness (QED) is 0.541. The molecule has 2 spiro atoms. The molecule has 2 N–H and O–H groups in total. The standard InChI is InChI=1S/C33H45NO4/c1-30(36,16-23-14-20-5-6-21(23)13-20)25-17-31-9-10-33(25,37-2)29-32(31)11-12-34(18-19-3-4-19)26(31)15-22-7-8-24(35)28(38-29)27(22)32/h7-8,19-21,23,25-26,29,35-36H,3-6,9-18H2,1-2H3/t20-,21+,23?,25-,26-,29-,30-,31-,32+,33+/m1/s1. The van der Waals surface area contributed by atoms with Crippen molar-refractivity contribution in [2.45, 2.75) is 113 Å². The molecule has 5 heteroatoms. The molecule has 9 aliphatic rings. The van der Waals surface area contributed by atoms with Gasteiger partial charge in [0.25, 0.3) is 0 Å². The third-order valence-electron chi connectivity index (χ3n) is 14.0. The Morgan fingerprint density at radius 3 is 2.74 bits per heavy atom. The molecular weight excluding hydrogens is 474 g/mol. The summed E-state index contributed by atoms with van der Waals surface area (Å²) in [5, 5.41) is 23.6. The number of fused-ring (bicyclic) bond motifs is 4. The van der Waals surface area contributed by atoms with Crippen LogP contribution in [0.4, 0.5) is 0 Å². The van der Waals surface area contributed by atoms with Crippen molar-refractivity contribution in [3.8, 4) is 11.5 Å². The molecule has 0 aromatic heterocycles. The third kappa shape index (κ3) is 2.62. The number of hydrogen-bond donors (Lipinski definition) is 2. The average molecular weight is 520 g/mol. The van der Waals surface area contributed by atoms with Crippen molar-refractivity contribution in [2.24, 2.45) is 35.0 Å². The van der Waals surface area contributed by atoms with Gasteiger partial charge in [0.2, 0.25) is 0 Å². The van der Waals surface area contributed by atoms with Gasteiger partial charge in [-0.25, -0.2) is 0 Å². The average Bonchev–Trinajstić information content (AvgIpc) is 3.29. The van der Waals surface area contributed by atoms with Crippen molar-refractivity contribution in [3.05, 3.63) is 23.3 Å². The van der Waals surface area contributed by atoms with Crippen molar-refractivity contribution in [3.63, 3.8) is 0 Å². The number of hydrogen-bond acceptors (Lipinski definition) is 5. The molecule has 5 nitrogen and oxygen atoms in total. The van der Waals surface area contributed by atoms with E-state index >= 15 is 0 Å². The molecule has 1 saturated heterocycles. The SMILES string of the molecule is CO[C@@]12CC[C@@]3(C[C@@H]1[C@](C)(O)CC1C[C@@H]4CC[C@H]1C4)[C@H]1Cc4ccc(O)c5c4[C@@]3(CCN1CC1CC1)[C@H]2O5. The fourth-order valence-corrected chi connectivity index (χ4v) is 12.4. The molecule has 10 rings (SSSR count). The number of nitrogens with zero attached hydrogens (tertiary/aromatic N) is 1. The maximum absolute atomic E-state index is 12.5. The first kappa shape index (κ1) is 23.4. The number of rotatable bonds is 6. The van der Waals surface area contributed by atoms with Gasteiger partial charge in [-0.15, -0.1) is 0 Å². The largest absolute Gasteiger partial charge is 0.504 e. The highest BCUT2D eigenvalue weighted by molar-refractivity contribution is 5.63. The molecule has 206 valence electrons. The summed E-state index contributed by atoms with van der Waals surface area (Å²) in [6, 6.07) is 4.54. The second kappa shape index (κ2) is 7.31. The van der Waals surface area contributed by atoms with E-state index in [2.05, 4.69) is 17.9 Å². The fraction of sp³-hybridized carbons (Fsp3) is 0.818. The Balaban J connectivity index is 1.19. The van der Waals surface area contributed by atoms with E-state index in [1.807, 2.05) is 13.2 Å². The summed E-state index contributed by atoms with van der Waals surface area (Å²) < 4.78 is 13.7. The predicted octanol–water partition coefficient (Wildman–Crippen LogP) is 5.19. The monoisotopic (exact) mass is 519 g/mol. The minimum Gasteiger partial charge on any atom is -0.504 e.